The third-order valence-corrected chi connectivity index (χ3v) is 6.50. The molecular formula is C22H34N3O2+. The van der Waals surface area contributed by atoms with Crippen LogP contribution in [0.25, 0.3) is 0 Å². The number of fused-ring (bicyclic) bond motifs is 1. The Morgan fingerprint density at radius 1 is 1.15 bits per heavy atom. The summed E-state index contributed by atoms with van der Waals surface area (Å²) in [6.07, 6.45) is 6.66. The Morgan fingerprint density at radius 3 is 2.52 bits per heavy atom. The minimum absolute atomic E-state index is 0.0679. The van der Waals surface area contributed by atoms with Crippen molar-refractivity contribution in [1.29, 1.82) is 0 Å². The number of nitrogens with zero attached hydrogens (tertiary/aromatic N) is 1. The Balaban J connectivity index is 1.50. The van der Waals surface area contributed by atoms with Crippen LogP contribution >= 0.6 is 0 Å². The highest BCUT2D eigenvalue weighted by atomic mass is 16.2. The molecule has 1 saturated carbocycles. The number of amides is 2. The second kappa shape index (κ2) is 8.87. The van der Waals surface area contributed by atoms with E-state index in [-0.39, 0.29) is 24.4 Å². The number of hydrogen-bond acceptors (Lipinski definition) is 2. The Labute approximate surface area is 163 Å². The predicted molar refractivity (Wildman–Crippen MR) is 108 cm³/mol. The molecule has 0 spiro atoms. The fourth-order valence-corrected chi connectivity index (χ4v) is 4.77. The van der Waals surface area contributed by atoms with Gasteiger partial charge in [0.15, 0.2) is 6.04 Å². The van der Waals surface area contributed by atoms with Gasteiger partial charge in [-0.1, -0.05) is 30.5 Å². The van der Waals surface area contributed by atoms with Crippen LogP contribution in [0.4, 0.5) is 5.69 Å². The predicted octanol–water partition coefficient (Wildman–Crippen LogP) is 1.88. The van der Waals surface area contributed by atoms with E-state index in [9.17, 15) is 9.59 Å². The third kappa shape index (κ3) is 5.10. The highest BCUT2D eigenvalue weighted by Crippen LogP contribution is 2.32. The molecule has 1 aliphatic carbocycles. The molecule has 2 amide bonds. The molecule has 2 fully saturated rings. The van der Waals surface area contributed by atoms with Crippen LogP contribution in [-0.4, -0.2) is 49.4 Å². The molecule has 0 aromatic heterocycles. The van der Waals surface area contributed by atoms with Gasteiger partial charge in [0.1, 0.15) is 0 Å². The minimum atomic E-state index is -0.150. The number of anilines is 1. The van der Waals surface area contributed by atoms with Crippen LogP contribution in [-0.2, 0) is 9.59 Å². The van der Waals surface area contributed by atoms with E-state index in [4.69, 9.17) is 0 Å². The summed E-state index contributed by atoms with van der Waals surface area (Å²) >= 11 is 0. The lowest BCUT2D eigenvalue weighted by Crippen LogP contribution is -3.18. The molecule has 148 valence electrons. The molecule has 1 unspecified atom stereocenters. The van der Waals surface area contributed by atoms with Crippen molar-refractivity contribution in [2.75, 3.05) is 32.0 Å². The second-order valence-corrected chi connectivity index (χ2v) is 8.54. The highest BCUT2D eigenvalue weighted by molar-refractivity contribution is 5.94. The van der Waals surface area contributed by atoms with Crippen molar-refractivity contribution in [3.63, 3.8) is 0 Å². The summed E-state index contributed by atoms with van der Waals surface area (Å²) in [6, 6.07) is 7.62. The molecule has 1 aromatic carbocycles. The van der Waals surface area contributed by atoms with Crippen LogP contribution in [0.5, 0.6) is 0 Å². The molecule has 1 aliphatic heterocycles. The Morgan fingerprint density at radius 2 is 1.81 bits per heavy atom. The lowest BCUT2D eigenvalue weighted by Gasteiger charge is -2.41. The SMILES string of the molecule is Cc1ccc(NC(=O)CN(C)C(=O)[C@@H](C)[NH+]2CC[C@@H]3CCCC[C@@H]3C2)cc1. The maximum Gasteiger partial charge on any atom is 0.280 e. The number of quaternary nitrogens is 1. The number of carbonyl (C=O) groups excluding carboxylic acids is 2. The molecular weight excluding hydrogens is 338 g/mol. The summed E-state index contributed by atoms with van der Waals surface area (Å²) in [5.74, 6) is 1.58. The van der Waals surface area contributed by atoms with Crippen molar-refractivity contribution in [3.8, 4) is 0 Å². The number of benzene rings is 1. The molecule has 0 radical (unpaired) electrons. The zero-order valence-corrected chi connectivity index (χ0v) is 17.0. The summed E-state index contributed by atoms with van der Waals surface area (Å²) in [5.41, 5.74) is 1.92. The van der Waals surface area contributed by atoms with E-state index in [1.165, 1.54) is 37.0 Å². The topological polar surface area (TPSA) is 53.9 Å². The van der Waals surface area contributed by atoms with Gasteiger partial charge in [0.25, 0.3) is 5.91 Å². The Bertz CT molecular complexity index is 658. The van der Waals surface area contributed by atoms with E-state index in [1.807, 2.05) is 38.1 Å². The maximum atomic E-state index is 12.9. The largest absolute Gasteiger partial charge is 0.331 e. The number of likely N-dealkylation sites (tertiary alicyclic amines) is 1. The molecule has 5 nitrogen and oxygen atoms in total. The number of likely N-dealkylation sites (N-methyl/N-ethyl adjacent to an activating group) is 1. The van der Waals surface area contributed by atoms with Crippen LogP contribution in [0.15, 0.2) is 24.3 Å². The van der Waals surface area contributed by atoms with E-state index < -0.39 is 0 Å². The quantitative estimate of drug-likeness (QED) is 0.829. The van der Waals surface area contributed by atoms with Gasteiger partial charge in [0, 0.05) is 18.7 Å². The number of aryl methyl sites for hydroxylation is 1. The van der Waals surface area contributed by atoms with Crippen LogP contribution in [0.2, 0.25) is 0 Å². The number of hydrogen-bond donors (Lipinski definition) is 2. The minimum Gasteiger partial charge on any atom is -0.331 e. The van der Waals surface area contributed by atoms with Crippen LogP contribution in [0, 0.1) is 18.8 Å². The molecule has 5 heteroatoms. The second-order valence-electron chi connectivity index (χ2n) is 8.54. The molecule has 2 aliphatic rings. The number of carbonyl (C=O) groups is 2. The smallest absolute Gasteiger partial charge is 0.280 e. The lowest BCUT2D eigenvalue weighted by molar-refractivity contribution is -0.924. The van der Waals surface area contributed by atoms with Crippen molar-refractivity contribution < 1.29 is 14.5 Å². The first-order chi connectivity index (χ1) is 12.9. The third-order valence-electron chi connectivity index (χ3n) is 6.50. The van der Waals surface area contributed by atoms with Gasteiger partial charge in [0.05, 0.1) is 19.6 Å². The Hall–Kier alpha value is -1.88. The van der Waals surface area contributed by atoms with Gasteiger partial charge < -0.3 is 15.1 Å². The number of rotatable bonds is 5. The van der Waals surface area contributed by atoms with Gasteiger partial charge in [0.2, 0.25) is 5.91 Å². The average Bonchev–Trinajstić information content (AvgIpc) is 2.68. The summed E-state index contributed by atoms with van der Waals surface area (Å²) in [4.78, 5) is 28.1. The van der Waals surface area contributed by atoms with E-state index >= 15 is 0 Å². The standard InChI is InChI=1S/C22H33N3O2/c1-16-8-10-20(11-9-16)23-21(26)15-24(3)22(27)17(2)25-13-12-18-6-4-5-7-19(18)14-25/h8-11,17-19H,4-7,12-15H2,1-3H3,(H,23,26)/p+1/t17-,18+,19-/m1/s1. The number of piperidine rings is 1. The van der Waals surface area contributed by atoms with E-state index in [1.54, 1.807) is 11.9 Å². The van der Waals surface area contributed by atoms with E-state index in [0.717, 1.165) is 36.2 Å². The molecule has 2 N–H and O–H groups in total. The molecule has 1 heterocycles. The van der Waals surface area contributed by atoms with Gasteiger partial charge in [-0.3, -0.25) is 9.59 Å². The summed E-state index contributed by atoms with van der Waals surface area (Å²) in [6.45, 7) is 6.32. The van der Waals surface area contributed by atoms with Crippen LogP contribution < -0.4 is 10.2 Å². The van der Waals surface area contributed by atoms with Gasteiger partial charge in [-0.2, -0.15) is 0 Å². The first kappa shape index (κ1) is 19.9. The van der Waals surface area contributed by atoms with Crippen molar-refractivity contribution in [2.45, 2.75) is 52.0 Å². The summed E-state index contributed by atoms with van der Waals surface area (Å²) in [7, 11) is 1.74. The van der Waals surface area contributed by atoms with Gasteiger partial charge in [-0.05, 0) is 51.2 Å². The highest BCUT2D eigenvalue weighted by Gasteiger charge is 2.38. The van der Waals surface area contributed by atoms with Crippen molar-refractivity contribution in [3.05, 3.63) is 29.8 Å². The van der Waals surface area contributed by atoms with E-state index in [0.29, 0.717) is 0 Å². The average molecular weight is 373 g/mol. The van der Waals surface area contributed by atoms with Gasteiger partial charge in [-0.25, -0.2) is 0 Å². The summed E-state index contributed by atoms with van der Waals surface area (Å²) < 4.78 is 0. The molecule has 1 aromatic rings. The molecule has 3 rings (SSSR count). The zero-order chi connectivity index (χ0) is 19.4. The van der Waals surface area contributed by atoms with E-state index in [2.05, 4.69) is 5.32 Å². The molecule has 0 bridgehead atoms. The van der Waals surface area contributed by atoms with Crippen molar-refractivity contribution >= 4 is 17.5 Å². The number of nitrogens with one attached hydrogen (secondary N) is 2. The monoisotopic (exact) mass is 372 g/mol. The molecule has 4 atom stereocenters. The fraction of sp³-hybridized carbons (Fsp3) is 0.636. The molecule has 1 saturated heterocycles. The maximum absolute atomic E-state index is 12.9. The van der Waals surface area contributed by atoms with Crippen LogP contribution in [0.3, 0.4) is 0 Å². The lowest BCUT2D eigenvalue weighted by atomic mass is 9.75. The Kier molecular flexibility index (Phi) is 6.53. The zero-order valence-electron chi connectivity index (χ0n) is 17.0. The fourth-order valence-electron chi connectivity index (χ4n) is 4.77. The van der Waals surface area contributed by atoms with Crippen molar-refractivity contribution in [1.82, 2.24) is 4.90 Å². The van der Waals surface area contributed by atoms with Gasteiger partial charge >= 0.3 is 0 Å². The first-order valence-corrected chi connectivity index (χ1v) is 10.4. The van der Waals surface area contributed by atoms with Crippen LogP contribution in [0.1, 0.15) is 44.6 Å². The van der Waals surface area contributed by atoms with Crippen molar-refractivity contribution in [2.24, 2.45) is 11.8 Å². The molecule has 27 heavy (non-hydrogen) atoms. The normalized spacial score (nSPS) is 26.0. The van der Waals surface area contributed by atoms with Gasteiger partial charge in [-0.15, -0.1) is 0 Å². The summed E-state index contributed by atoms with van der Waals surface area (Å²) in [5, 5.41) is 2.87. The first-order valence-electron chi connectivity index (χ1n) is 10.4.